The molecule has 0 saturated heterocycles. The lowest BCUT2D eigenvalue weighted by Gasteiger charge is -2.07. The zero-order valence-corrected chi connectivity index (χ0v) is 7.48. The van der Waals surface area contributed by atoms with Crippen LogP contribution in [0.5, 0.6) is 0 Å². The Labute approximate surface area is 80.4 Å². The molecule has 0 fully saturated rings. The molecule has 14 heavy (non-hydrogen) atoms. The Bertz CT molecular complexity index is 399. The summed E-state index contributed by atoms with van der Waals surface area (Å²) in [7, 11) is 0. The van der Waals surface area contributed by atoms with E-state index < -0.39 is 11.6 Å². The third-order valence-corrected chi connectivity index (χ3v) is 2.22. The lowest BCUT2D eigenvalue weighted by molar-refractivity contribution is 0.583. The number of rotatable bonds is 0. The van der Waals surface area contributed by atoms with Gasteiger partial charge in [-0.05, 0) is 24.5 Å². The molecule has 0 radical (unpaired) electrons. The minimum atomic E-state index is -0.578. The molecular formula is C10H10F2N2. The predicted molar refractivity (Wildman–Crippen MR) is 50.6 cm³/mol. The molecule has 0 atom stereocenters. The highest BCUT2D eigenvalue weighted by Gasteiger charge is 2.13. The minimum absolute atomic E-state index is 0.326. The van der Waals surface area contributed by atoms with Crippen molar-refractivity contribution in [2.45, 2.75) is 12.8 Å². The molecule has 0 spiro atoms. The molecule has 0 bridgehead atoms. The second-order valence-electron chi connectivity index (χ2n) is 3.29. The number of aryl methyl sites for hydroxylation is 1. The number of fused-ring (bicyclic) bond motifs is 1. The first-order chi connectivity index (χ1) is 6.66. The summed E-state index contributed by atoms with van der Waals surface area (Å²) in [5, 5.41) is 2.74. The summed E-state index contributed by atoms with van der Waals surface area (Å²) >= 11 is 0. The van der Waals surface area contributed by atoms with E-state index in [9.17, 15) is 8.78 Å². The van der Waals surface area contributed by atoms with Gasteiger partial charge in [0.15, 0.2) is 0 Å². The highest BCUT2D eigenvalue weighted by Crippen LogP contribution is 2.25. The molecule has 4 heteroatoms. The molecule has 0 amide bonds. The van der Waals surface area contributed by atoms with Crippen LogP contribution in [-0.2, 0) is 6.42 Å². The fraction of sp³-hybridized carbons (Fsp3) is 0.200. The SMILES string of the molecule is NC1=CNc2c(F)cc(F)cc2CC1. The van der Waals surface area contributed by atoms with Crippen molar-refractivity contribution in [3.8, 4) is 0 Å². The first-order valence-corrected chi connectivity index (χ1v) is 4.36. The summed E-state index contributed by atoms with van der Waals surface area (Å²) in [4.78, 5) is 0. The Morgan fingerprint density at radius 3 is 2.79 bits per heavy atom. The average molecular weight is 196 g/mol. The fourth-order valence-corrected chi connectivity index (χ4v) is 1.50. The Balaban J connectivity index is 2.47. The van der Waals surface area contributed by atoms with Crippen molar-refractivity contribution in [3.63, 3.8) is 0 Å². The van der Waals surface area contributed by atoms with Gasteiger partial charge < -0.3 is 11.1 Å². The number of allylic oxidation sites excluding steroid dienone is 1. The maximum absolute atomic E-state index is 13.3. The summed E-state index contributed by atoms with van der Waals surface area (Å²) < 4.78 is 26.1. The van der Waals surface area contributed by atoms with Gasteiger partial charge in [-0.25, -0.2) is 8.78 Å². The van der Waals surface area contributed by atoms with Gasteiger partial charge in [0, 0.05) is 18.0 Å². The van der Waals surface area contributed by atoms with Crippen molar-refractivity contribution in [2.75, 3.05) is 5.32 Å². The largest absolute Gasteiger partial charge is 0.401 e. The lowest BCUT2D eigenvalue weighted by Crippen LogP contribution is -1.98. The van der Waals surface area contributed by atoms with Crippen LogP contribution >= 0.6 is 0 Å². The van der Waals surface area contributed by atoms with Gasteiger partial charge >= 0.3 is 0 Å². The number of nitrogens with two attached hydrogens (primary N) is 1. The van der Waals surface area contributed by atoms with Crippen molar-refractivity contribution in [1.29, 1.82) is 0 Å². The molecule has 74 valence electrons. The van der Waals surface area contributed by atoms with Crippen molar-refractivity contribution >= 4 is 5.69 Å². The fourth-order valence-electron chi connectivity index (χ4n) is 1.50. The second kappa shape index (κ2) is 3.29. The molecule has 3 N–H and O–H groups in total. The van der Waals surface area contributed by atoms with Crippen LogP contribution in [0.4, 0.5) is 14.5 Å². The molecule has 1 aliphatic heterocycles. The van der Waals surface area contributed by atoms with E-state index >= 15 is 0 Å². The Morgan fingerprint density at radius 1 is 1.21 bits per heavy atom. The molecule has 1 heterocycles. The van der Waals surface area contributed by atoms with Crippen molar-refractivity contribution < 1.29 is 8.78 Å². The van der Waals surface area contributed by atoms with E-state index in [0.717, 1.165) is 6.07 Å². The number of nitrogens with one attached hydrogen (secondary N) is 1. The summed E-state index contributed by atoms with van der Waals surface area (Å²) in [5.74, 6) is -1.13. The third-order valence-electron chi connectivity index (χ3n) is 2.22. The van der Waals surface area contributed by atoms with Crippen molar-refractivity contribution in [2.24, 2.45) is 5.73 Å². The standard InChI is InChI=1S/C10H10F2N2/c11-7-3-6-1-2-8(13)5-14-10(6)9(12)4-7/h3-5,14H,1-2,13H2. The highest BCUT2D eigenvalue weighted by molar-refractivity contribution is 5.56. The number of hydrogen-bond donors (Lipinski definition) is 2. The van der Waals surface area contributed by atoms with Crippen LogP contribution in [-0.4, -0.2) is 0 Å². The average Bonchev–Trinajstić information content (AvgIpc) is 2.28. The molecule has 2 rings (SSSR count). The maximum atomic E-state index is 13.3. The van der Waals surface area contributed by atoms with Crippen LogP contribution in [0, 0.1) is 11.6 Å². The molecular weight excluding hydrogens is 186 g/mol. The van der Waals surface area contributed by atoms with E-state index in [1.807, 2.05) is 0 Å². The van der Waals surface area contributed by atoms with Gasteiger partial charge in [-0.15, -0.1) is 0 Å². The maximum Gasteiger partial charge on any atom is 0.149 e. The van der Waals surface area contributed by atoms with Crippen LogP contribution in [0.2, 0.25) is 0 Å². The Kier molecular flexibility index (Phi) is 2.11. The van der Waals surface area contributed by atoms with Crippen LogP contribution in [0.15, 0.2) is 24.0 Å². The molecule has 1 aliphatic rings. The third kappa shape index (κ3) is 1.55. The number of halogens is 2. The van der Waals surface area contributed by atoms with Gasteiger partial charge in [-0.3, -0.25) is 0 Å². The number of anilines is 1. The minimum Gasteiger partial charge on any atom is -0.401 e. The summed E-state index contributed by atoms with van der Waals surface area (Å²) in [6.45, 7) is 0. The van der Waals surface area contributed by atoms with Gasteiger partial charge in [0.05, 0.1) is 5.69 Å². The molecule has 2 nitrogen and oxygen atoms in total. The summed E-state index contributed by atoms with van der Waals surface area (Å²) in [6.07, 6.45) is 2.72. The van der Waals surface area contributed by atoms with E-state index in [1.54, 1.807) is 6.20 Å². The van der Waals surface area contributed by atoms with Gasteiger partial charge in [0.1, 0.15) is 11.6 Å². The number of benzene rings is 1. The summed E-state index contributed by atoms with van der Waals surface area (Å²) in [6, 6.07) is 2.19. The molecule has 0 unspecified atom stereocenters. The Hall–Kier alpha value is -1.58. The van der Waals surface area contributed by atoms with Crippen molar-refractivity contribution in [3.05, 3.63) is 41.2 Å². The van der Waals surface area contributed by atoms with Crippen LogP contribution in [0.1, 0.15) is 12.0 Å². The normalized spacial score (nSPS) is 15.1. The monoisotopic (exact) mass is 196 g/mol. The summed E-state index contributed by atoms with van der Waals surface area (Å²) in [5.41, 5.74) is 7.17. The molecule has 1 aromatic carbocycles. The zero-order valence-electron chi connectivity index (χ0n) is 7.48. The van der Waals surface area contributed by atoms with E-state index in [0.29, 0.717) is 29.8 Å². The van der Waals surface area contributed by atoms with Gasteiger partial charge in [-0.1, -0.05) is 0 Å². The Morgan fingerprint density at radius 2 is 2.00 bits per heavy atom. The smallest absolute Gasteiger partial charge is 0.149 e. The first-order valence-electron chi connectivity index (χ1n) is 4.36. The van der Waals surface area contributed by atoms with Crippen LogP contribution < -0.4 is 11.1 Å². The van der Waals surface area contributed by atoms with Gasteiger partial charge in [-0.2, -0.15) is 0 Å². The predicted octanol–water partition coefficient (Wildman–Crippen LogP) is 2.12. The van der Waals surface area contributed by atoms with E-state index in [4.69, 9.17) is 5.73 Å². The van der Waals surface area contributed by atoms with E-state index in [-0.39, 0.29) is 0 Å². The zero-order chi connectivity index (χ0) is 10.1. The van der Waals surface area contributed by atoms with Gasteiger partial charge in [0.2, 0.25) is 0 Å². The first kappa shape index (κ1) is 8.99. The highest BCUT2D eigenvalue weighted by atomic mass is 19.1. The molecule has 1 aromatic rings. The number of hydrogen-bond acceptors (Lipinski definition) is 2. The van der Waals surface area contributed by atoms with Crippen molar-refractivity contribution in [1.82, 2.24) is 0 Å². The topological polar surface area (TPSA) is 38.0 Å². The molecule has 0 saturated carbocycles. The quantitative estimate of drug-likeness (QED) is 0.667. The van der Waals surface area contributed by atoms with Crippen LogP contribution in [0.25, 0.3) is 0 Å². The lowest BCUT2D eigenvalue weighted by atomic mass is 10.1. The van der Waals surface area contributed by atoms with E-state index in [2.05, 4.69) is 5.32 Å². The van der Waals surface area contributed by atoms with Gasteiger partial charge in [0.25, 0.3) is 0 Å². The molecule has 0 aromatic heterocycles. The van der Waals surface area contributed by atoms with E-state index in [1.165, 1.54) is 6.07 Å². The second-order valence-corrected chi connectivity index (χ2v) is 3.29. The van der Waals surface area contributed by atoms with Crippen LogP contribution in [0.3, 0.4) is 0 Å². The molecule has 0 aliphatic carbocycles.